The van der Waals surface area contributed by atoms with Crippen LogP contribution in [-0.4, -0.2) is 45.9 Å². The number of nitrogens with two attached hydrogens (primary N) is 1. The summed E-state index contributed by atoms with van der Waals surface area (Å²) in [6, 6.07) is 2.62. The fourth-order valence-electron chi connectivity index (χ4n) is 3.22. The van der Waals surface area contributed by atoms with Crippen LogP contribution in [0.25, 0.3) is 0 Å². The van der Waals surface area contributed by atoms with Gasteiger partial charge >= 0.3 is 5.97 Å². The number of nitrogen functional groups attached to an aromatic ring is 1. The molecule has 0 saturated carbocycles. The normalized spacial score (nSPS) is 16.3. The lowest BCUT2D eigenvalue weighted by Crippen LogP contribution is -2.42. The Morgan fingerprint density at radius 1 is 1.31 bits per heavy atom. The van der Waals surface area contributed by atoms with E-state index in [4.69, 9.17) is 15.2 Å². The molecule has 1 aliphatic heterocycles. The van der Waals surface area contributed by atoms with Gasteiger partial charge in [0.1, 0.15) is 16.9 Å². The van der Waals surface area contributed by atoms with E-state index in [-0.39, 0.29) is 33.6 Å². The Morgan fingerprint density at radius 3 is 2.46 bits per heavy atom. The maximum atomic E-state index is 12.8. The molecule has 1 aliphatic rings. The highest BCUT2D eigenvalue weighted by Crippen LogP contribution is 2.33. The fourth-order valence-corrected chi connectivity index (χ4v) is 4.25. The molecule has 26 heavy (non-hydrogen) atoms. The third-order valence-electron chi connectivity index (χ3n) is 4.94. The first-order valence-corrected chi connectivity index (χ1v) is 10.4. The number of carbonyl (C=O) groups excluding carboxylic acids is 1. The quantitative estimate of drug-likeness (QED) is 0.570. The third kappa shape index (κ3) is 4.29. The molecule has 0 atom stereocenters. The molecule has 1 fully saturated rings. The van der Waals surface area contributed by atoms with Crippen molar-refractivity contribution in [2.45, 2.75) is 44.1 Å². The number of rotatable bonds is 6. The van der Waals surface area contributed by atoms with Crippen molar-refractivity contribution in [1.82, 2.24) is 5.32 Å². The number of anilines is 1. The molecule has 0 radical (unpaired) electrons. The standard InChI is InChI=1S/C18H28N2O5S/c1-5-26(22,23)16-10-13(15(24-4)11-14(16)19)17(21)25-18(2,3)12-6-8-20-9-7-12/h10-12,20H,5-9,19H2,1-4H3. The van der Waals surface area contributed by atoms with Crippen LogP contribution in [0, 0.1) is 5.92 Å². The first-order valence-electron chi connectivity index (χ1n) is 8.76. The summed E-state index contributed by atoms with van der Waals surface area (Å²) in [6.07, 6.45) is 1.82. The predicted octanol–water partition coefficient (Wildman–Crippen LogP) is 2.01. The Balaban J connectivity index is 2.36. The van der Waals surface area contributed by atoms with E-state index < -0.39 is 21.4 Å². The molecular weight excluding hydrogens is 356 g/mol. The SMILES string of the molecule is CCS(=O)(=O)c1cc(C(=O)OC(C)(C)C2CCNCC2)c(OC)cc1N. The number of piperidine rings is 1. The molecule has 0 amide bonds. The number of benzene rings is 1. The van der Waals surface area contributed by atoms with Crippen LogP contribution in [0.4, 0.5) is 5.69 Å². The summed E-state index contributed by atoms with van der Waals surface area (Å²) in [4.78, 5) is 12.7. The highest BCUT2D eigenvalue weighted by molar-refractivity contribution is 7.91. The second-order valence-corrected chi connectivity index (χ2v) is 9.26. The summed E-state index contributed by atoms with van der Waals surface area (Å²) in [5.74, 6) is -0.300. The molecule has 1 aromatic carbocycles. The van der Waals surface area contributed by atoms with E-state index in [0.29, 0.717) is 0 Å². The van der Waals surface area contributed by atoms with Crippen LogP contribution in [0.2, 0.25) is 0 Å². The van der Waals surface area contributed by atoms with Crippen molar-refractivity contribution in [3.63, 3.8) is 0 Å². The average Bonchev–Trinajstić information content (AvgIpc) is 2.61. The number of hydrogen-bond donors (Lipinski definition) is 2. The van der Waals surface area contributed by atoms with Crippen molar-refractivity contribution in [3.8, 4) is 5.75 Å². The summed E-state index contributed by atoms with van der Waals surface area (Å²) in [5.41, 5.74) is 5.30. The van der Waals surface area contributed by atoms with Gasteiger partial charge < -0.3 is 20.5 Å². The van der Waals surface area contributed by atoms with Gasteiger partial charge in [0.05, 0.1) is 23.4 Å². The molecule has 1 aromatic rings. The number of sulfone groups is 1. The minimum Gasteiger partial charge on any atom is -0.496 e. The molecular formula is C18H28N2O5S. The maximum absolute atomic E-state index is 12.8. The van der Waals surface area contributed by atoms with E-state index in [1.807, 2.05) is 13.8 Å². The van der Waals surface area contributed by atoms with Crippen molar-refractivity contribution < 1.29 is 22.7 Å². The van der Waals surface area contributed by atoms with Gasteiger partial charge in [-0.25, -0.2) is 13.2 Å². The van der Waals surface area contributed by atoms with E-state index in [2.05, 4.69) is 5.32 Å². The molecule has 0 spiro atoms. The topological polar surface area (TPSA) is 108 Å². The van der Waals surface area contributed by atoms with E-state index in [1.165, 1.54) is 26.2 Å². The van der Waals surface area contributed by atoms with Crippen LogP contribution in [0.5, 0.6) is 5.75 Å². The number of hydrogen-bond acceptors (Lipinski definition) is 7. The van der Waals surface area contributed by atoms with Crippen molar-refractivity contribution in [1.29, 1.82) is 0 Å². The Hall–Kier alpha value is -1.80. The Bertz CT molecular complexity index is 768. The number of methoxy groups -OCH3 is 1. The molecule has 3 N–H and O–H groups in total. The van der Waals surface area contributed by atoms with Crippen molar-refractivity contribution in [3.05, 3.63) is 17.7 Å². The lowest BCUT2D eigenvalue weighted by Gasteiger charge is -2.36. The Kier molecular flexibility index (Phi) is 6.18. The zero-order chi connectivity index (χ0) is 19.5. The lowest BCUT2D eigenvalue weighted by molar-refractivity contribution is -0.0370. The Morgan fingerprint density at radius 2 is 1.92 bits per heavy atom. The van der Waals surface area contributed by atoms with Crippen molar-refractivity contribution in [2.75, 3.05) is 31.7 Å². The number of ether oxygens (including phenoxy) is 2. The third-order valence-corrected chi connectivity index (χ3v) is 6.73. The molecule has 2 rings (SSSR count). The largest absolute Gasteiger partial charge is 0.496 e. The summed E-state index contributed by atoms with van der Waals surface area (Å²) in [7, 11) is -2.17. The molecule has 1 heterocycles. The van der Waals surface area contributed by atoms with E-state index in [1.54, 1.807) is 0 Å². The molecule has 0 bridgehead atoms. The van der Waals surface area contributed by atoms with Crippen LogP contribution in [-0.2, 0) is 14.6 Å². The zero-order valence-electron chi connectivity index (χ0n) is 15.8. The predicted molar refractivity (Wildman–Crippen MR) is 100 cm³/mol. The smallest absolute Gasteiger partial charge is 0.342 e. The van der Waals surface area contributed by atoms with Gasteiger partial charge in [-0.15, -0.1) is 0 Å². The van der Waals surface area contributed by atoms with Crippen LogP contribution in [0.15, 0.2) is 17.0 Å². The number of esters is 1. The van der Waals surface area contributed by atoms with E-state index >= 15 is 0 Å². The highest BCUT2D eigenvalue weighted by Gasteiger charge is 2.35. The zero-order valence-corrected chi connectivity index (χ0v) is 16.6. The average molecular weight is 384 g/mol. The van der Waals surface area contributed by atoms with Gasteiger partial charge in [0.25, 0.3) is 0 Å². The van der Waals surface area contributed by atoms with Gasteiger partial charge in [-0.3, -0.25) is 0 Å². The first kappa shape index (κ1) is 20.5. The van der Waals surface area contributed by atoms with Crippen molar-refractivity contribution in [2.24, 2.45) is 5.92 Å². The van der Waals surface area contributed by atoms with Crippen LogP contribution < -0.4 is 15.8 Å². The molecule has 1 saturated heterocycles. The van der Waals surface area contributed by atoms with Crippen LogP contribution in [0.3, 0.4) is 0 Å². The molecule has 8 heteroatoms. The van der Waals surface area contributed by atoms with Crippen LogP contribution in [0.1, 0.15) is 44.0 Å². The van der Waals surface area contributed by atoms with E-state index in [9.17, 15) is 13.2 Å². The second kappa shape index (κ2) is 7.84. The summed E-state index contributed by atoms with van der Waals surface area (Å²) in [6.45, 7) is 7.06. The Labute approximate surface area is 155 Å². The number of carbonyl (C=O) groups is 1. The van der Waals surface area contributed by atoms with Crippen LogP contribution >= 0.6 is 0 Å². The minimum absolute atomic E-state index is 0.0536. The summed E-state index contributed by atoms with van der Waals surface area (Å²) in [5, 5.41) is 3.29. The van der Waals surface area contributed by atoms with E-state index in [0.717, 1.165) is 25.9 Å². The first-order chi connectivity index (χ1) is 12.1. The molecule has 0 aliphatic carbocycles. The molecule has 0 unspecified atom stereocenters. The minimum atomic E-state index is -3.57. The highest BCUT2D eigenvalue weighted by atomic mass is 32.2. The molecule has 7 nitrogen and oxygen atoms in total. The van der Waals surface area contributed by atoms with Gasteiger partial charge in [-0.1, -0.05) is 6.92 Å². The lowest BCUT2D eigenvalue weighted by atomic mass is 9.83. The van der Waals surface area contributed by atoms with Gasteiger partial charge in [0.15, 0.2) is 9.84 Å². The fraction of sp³-hybridized carbons (Fsp3) is 0.611. The maximum Gasteiger partial charge on any atom is 0.342 e. The van der Waals surface area contributed by atoms with Gasteiger partial charge in [-0.05, 0) is 45.8 Å². The summed E-state index contributed by atoms with van der Waals surface area (Å²) < 4.78 is 35.5. The summed E-state index contributed by atoms with van der Waals surface area (Å²) >= 11 is 0. The molecule has 0 aromatic heterocycles. The number of nitrogens with one attached hydrogen (secondary N) is 1. The monoisotopic (exact) mass is 384 g/mol. The van der Waals surface area contributed by atoms with Gasteiger partial charge in [0, 0.05) is 12.0 Å². The van der Waals surface area contributed by atoms with Gasteiger partial charge in [0.2, 0.25) is 0 Å². The second-order valence-electron chi connectivity index (χ2n) is 7.01. The molecule has 146 valence electrons. The van der Waals surface area contributed by atoms with Gasteiger partial charge in [-0.2, -0.15) is 0 Å². The van der Waals surface area contributed by atoms with Crippen molar-refractivity contribution >= 4 is 21.5 Å².